The van der Waals surface area contributed by atoms with Crippen molar-refractivity contribution < 1.29 is 4.74 Å². The van der Waals surface area contributed by atoms with Gasteiger partial charge in [0.1, 0.15) is 22.7 Å². The van der Waals surface area contributed by atoms with Gasteiger partial charge in [-0.1, -0.05) is 58.7 Å². The van der Waals surface area contributed by atoms with Gasteiger partial charge in [-0.3, -0.25) is 0 Å². The van der Waals surface area contributed by atoms with E-state index in [0.29, 0.717) is 21.6 Å². The summed E-state index contributed by atoms with van der Waals surface area (Å²) in [6, 6.07) is 13.5. The monoisotopic (exact) mass is 398 g/mol. The summed E-state index contributed by atoms with van der Waals surface area (Å²) >= 11 is 12.4. The van der Waals surface area contributed by atoms with E-state index in [2.05, 4.69) is 15.3 Å². The van der Waals surface area contributed by atoms with Crippen molar-refractivity contribution in [2.75, 3.05) is 0 Å². The molecule has 0 spiro atoms. The van der Waals surface area contributed by atoms with Crippen molar-refractivity contribution in [2.45, 2.75) is 20.0 Å². The second-order valence-electron chi connectivity index (χ2n) is 6.24. The minimum Gasteiger partial charge on any atom is -0.482 e. The van der Waals surface area contributed by atoms with E-state index >= 15 is 0 Å². The summed E-state index contributed by atoms with van der Waals surface area (Å²) in [6.07, 6.45) is 3.15. The Hall–Kier alpha value is -2.63. The van der Waals surface area contributed by atoms with Crippen molar-refractivity contribution in [1.82, 2.24) is 20.0 Å². The van der Waals surface area contributed by atoms with Crippen LogP contribution in [0.1, 0.15) is 24.3 Å². The Kier molecular flexibility index (Phi) is 4.72. The van der Waals surface area contributed by atoms with Crippen LogP contribution in [-0.4, -0.2) is 20.0 Å². The fourth-order valence-electron chi connectivity index (χ4n) is 2.79. The van der Waals surface area contributed by atoms with Gasteiger partial charge in [0.2, 0.25) is 0 Å². The molecule has 5 nitrogen and oxygen atoms in total. The fourth-order valence-corrected chi connectivity index (χ4v) is 3.18. The van der Waals surface area contributed by atoms with Crippen molar-refractivity contribution in [3.8, 4) is 11.4 Å². The Morgan fingerprint density at radius 1 is 1.07 bits per heavy atom. The number of aromatic nitrogens is 4. The van der Waals surface area contributed by atoms with Crippen molar-refractivity contribution in [3.05, 3.63) is 76.3 Å². The molecule has 2 aromatic heterocycles. The van der Waals surface area contributed by atoms with E-state index in [9.17, 15) is 0 Å². The van der Waals surface area contributed by atoms with Crippen molar-refractivity contribution in [3.63, 3.8) is 0 Å². The van der Waals surface area contributed by atoms with Crippen molar-refractivity contribution in [2.24, 2.45) is 0 Å². The maximum atomic E-state index is 6.20. The quantitative estimate of drug-likeness (QED) is 0.421. The predicted octanol–water partition coefficient (Wildman–Crippen LogP) is 5.57. The minimum atomic E-state index is -0.314. The van der Waals surface area contributed by atoms with Crippen LogP contribution >= 0.6 is 23.2 Å². The van der Waals surface area contributed by atoms with E-state index in [1.807, 2.05) is 62.5 Å². The minimum absolute atomic E-state index is 0.314. The molecule has 136 valence electrons. The lowest BCUT2D eigenvalue weighted by Crippen LogP contribution is -2.04. The third kappa shape index (κ3) is 3.48. The maximum absolute atomic E-state index is 6.20. The van der Waals surface area contributed by atoms with Gasteiger partial charge in [0.05, 0.1) is 18.1 Å². The molecule has 0 amide bonds. The van der Waals surface area contributed by atoms with Gasteiger partial charge in [-0.2, -0.15) is 0 Å². The second-order valence-corrected chi connectivity index (χ2v) is 7.01. The Morgan fingerprint density at radius 2 is 1.85 bits per heavy atom. The number of pyridine rings is 1. The van der Waals surface area contributed by atoms with Gasteiger partial charge in [0.15, 0.2) is 0 Å². The molecule has 2 heterocycles. The average Bonchev–Trinajstić information content (AvgIpc) is 3.17. The molecule has 0 radical (unpaired) electrons. The summed E-state index contributed by atoms with van der Waals surface area (Å²) in [5.41, 5.74) is 2.56. The lowest BCUT2D eigenvalue weighted by atomic mass is 10.1. The maximum Gasteiger partial charge on any atom is 0.146 e. The van der Waals surface area contributed by atoms with Crippen LogP contribution in [0.5, 0.6) is 5.75 Å². The molecule has 0 aliphatic rings. The first-order valence-electron chi connectivity index (χ1n) is 8.41. The molecule has 0 saturated heterocycles. The first kappa shape index (κ1) is 17.8. The van der Waals surface area contributed by atoms with Crippen LogP contribution in [0.2, 0.25) is 10.2 Å². The molecule has 0 fully saturated rings. The van der Waals surface area contributed by atoms with Gasteiger partial charge in [-0.15, -0.1) is 5.10 Å². The SMILES string of the molecule is Cc1ccc(-n2cc(C(C)Oc3cnc(Cl)c4ccccc34)nn2)cc1Cl. The molecule has 1 atom stereocenters. The molecule has 0 bridgehead atoms. The summed E-state index contributed by atoms with van der Waals surface area (Å²) in [7, 11) is 0. The van der Waals surface area contributed by atoms with Gasteiger partial charge in [0.25, 0.3) is 0 Å². The molecule has 1 unspecified atom stereocenters. The van der Waals surface area contributed by atoms with Crippen LogP contribution in [0.4, 0.5) is 0 Å². The molecule has 0 N–H and O–H groups in total. The van der Waals surface area contributed by atoms with E-state index in [0.717, 1.165) is 22.0 Å². The topological polar surface area (TPSA) is 52.8 Å². The highest BCUT2D eigenvalue weighted by atomic mass is 35.5. The number of rotatable bonds is 4. The molecule has 7 heteroatoms. The summed E-state index contributed by atoms with van der Waals surface area (Å²) in [5.74, 6) is 0.649. The van der Waals surface area contributed by atoms with Gasteiger partial charge >= 0.3 is 0 Å². The van der Waals surface area contributed by atoms with E-state index in [1.54, 1.807) is 10.9 Å². The Labute approximate surface area is 166 Å². The molecule has 4 rings (SSSR count). The largest absolute Gasteiger partial charge is 0.482 e. The number of benzene rings is 2. The number of halogens is 2. The van der Waals surface area contributed by atoms with E-state index in [-0.39, 0.29) is 6.10 Å². The molecule has 2 aromatic carbocycles. The smallest absolute Gasteiger partial charge is 0.146 e. The van der Waals surface area contributed by atoms with Crippen LogP contribution in [0.15, 0.2) is 54.9 Å². The molecule has 27 heavy (non-hydrogen) atoms. The molecule has 4 aromatic rings. The molecule has 0 saturated carbocycles. The number of ether oxygens (including phenoxy) is 1. The average molecular weight is 399 g/mol. The number of aryl methyl sites for hydroxylation is 1. The Balaban J connectivity index is 1.61. The Morgan fingerprint density at radius 3 is 2.63 bits per heavy atom. The molecule has 0 aliphatic heterocycles. The van der Waals surface area contributed by atoms with E-state index in [4.69, 9.17) is 27.9 Å². The third-order valence-electron chi connectivity index (χ3n) is 4.36. The highest BCUT2D eigenvalue weighted by Crippen LogP contribution is 2.32. The van der Waals surface area contributed by atoms with E-state index < -0.39 is 0 Å². The molecular formula is C20H16Cl2N4O. The summed E-state index contributed by atoms with van der Waals surface area (Å²) in [5, 5.41) is 11.3. The summed E-state index contributed by atoms with van der Waals surface area (Å²) in [4.78, 5) is 4.21. The van der Waals surface area contributed by atoms with Crippen LogP contribution < -0.4 is 4.74 Å². The number of nitrogens with zero attached hydrogens (tertiary/aromatic N) is 4. The summed E-state index contributed by atoms with van der Waals surface area (Å²) in [6.45, 7) is 3.87. The van der Waals surface area contributed by atoms with Crippen LogP contribution in [0, 0.1) is 6.92 Å². The first-order valence-corrected chi connectivity index (χ1v) is 9.17. The lowest BCUT2D eigenvalue weighted by Gasteiger charge is -2.14. The summed E-state index contributed by atoms with van der Waals surface area (Å²) < 4.78 is 7.78. The number of hydrogen-bond acceptors (Lipinski definition) is 4. The fraction of sp³-hybridized carbons (Fsp3) is 0.150. The predicted molar refractivity (Wildman–Crippen MR) is 107 cm³/mol. The standard InChI is InChI=1S/C20H16Cl2N4O/c1-12-7-8-14(9-17(12)21)26-11-18(24-25-26)13(2)27-19-10-23-20(22)16-6-4-3-5-15(16)19/h3-11,13H,1-2H3. The lowest BCUT2D eigenvalue weighted by molar-refractivity contribution is 0.224. The molecular weight excluding hydrogens is 383 g/mol. The normalized spacial score (nSPS) is 12.3. The third-order valence-corrected chi connectivity index (χ3v) is 5.07. The van der Waals surface area contributed by atoms with Gasteiger partial charge in [-0.05, 0) is 31.5 Å². The van der Waals surface area contributed by atoms with Gasteiger partial charge in [-0.25, -0.2) is 9.67 Å². The number of fused-ring (bicyclic) bond motifs is 1. The van der Waals surface area contributed by atoms with Gasteiger partial charge < -0.3 is 4.74 Å². The zero-order chi connectivity index (χ0) is 19.0. The van der Waals surface area contributed by atoms with Crippen molar-refractivity contribution in [1.29, 1.82) is 0 Å². The van der Waals surface area contributed by atoms with Crippen LogP contribution in [-0.2, 0) is 0 Å². The van der Waals surface area contributed by atoms with Crippen LogP contribution in [0.25, 0.3) is 16.5 Å². The van der Waals surface area contributed by atoms with Gasteiger partial charge in [0, 0.05) is 15.8 Å². The van der Waals surface area contributed by atoms with Crippen LogP contribution in [0.3, 0.4) is 0 Å². The zero-order valence-electron chi connectivity index (χ0n) is 14.7. The highest BCUT2D eigenvalue weighted by molar-refractivity contribution is 6.34. The zero-order valence-corrected chi connectivity index (χ0v) is 16.2. The Bertz CT molecular complexity index is 1130. The van der Waals surface area contributed by atoms with E-state index in [1.165, 1.54) is 0 Å². The highest BCUT2D eigenvalue weighted by Gasteiger charge is 2.15. The van der Waals surface area contributed by atoms with Crippen molar-refractivity contribution >= 4 is 34.0 Å². The number of hydrogen-bond donors (Lipinski definition) is 0. The second kappa shape index (κ2) is 7.18. The molecule has 0 aliphatic carbocycles. The first-order chi connectivity index (χ1) is 13.0.